The zero-order chi connectivity index (χ0) is 13.5. The van der Waals surface area contributed by atoms with Gasteiger partial charge in [0.15, 0.2) is 5.11 Å². The van der Waals surface area contributed by atoms with Crippen LogP contribution in [-0.4, -0.2) is 17.6 Å². The van der Waals surface area contributed by atoms with Crippen molar-refractivity contribution in [2.45, 2.75) is 20.8 Å². The molecule has 0 saturated carbocycles. The van der Waals surface area contributed by atoms with Crippen molar-refractivity contribution in [2.75, 3.05) is 11.9 Å². The van der Waals surface area contributed by atoms with E-state index in [1.165, 1.54) is 0 Å². The van der Waals surface area contributed by atoms with Crippen molar-refractivity contribution >= 4 is 28.9 Å². The Balaban J connectivity index is 2.51. The normalized spacial score (nSPS) is 10.0. The van der Waals surface area contributed by atoms with Gasteiger partial charge in [-0.05, 0) is 43.4 Å². The molecule has 0 heterocycles. The average molecular weight is 266 g/mol. The fraction of sp³-hybridized carbons (Fsp3) is 0.385. The molecule has 0 unspecified atom stereocenters. The van der Waals surface area contributed by atoms with Crippen LogP contribution in [0.25, 0.3) is 0 Å². The summed E-state index contributed by atoms with van der Waals surface area (Å²) in [6, 6.07) is 7.38. The highest BCUT2D eigenvalue weighted by Crippen LogP contribution is 2.15. The Bertz CT molecular complexity index is 416. The SMILES string of the molecule is CCOc1ccc(NC(=S)NC(=O)C(C)C)cc1. The molecular formula is C13H18N2O2S. The summed E-state index contributed by atoms with van der Waals surface area (Å²) in [5.41, 5.74) is 0.813. The first-order valence-corrected chi connectivity index (χ1v) is 6.28. The largest absolute Gasteiger partial charge is 0.494 e. The maximum atomic E-state index is 11.4. The molecule has 0 bridgehead atoms. The standard InChI is InChI=1S/C13H18N2O2S/c1-4-17-11-7-5-10(6-8-11)14-13(18)15-12(16)9(2)3/h5-9H,4H2,1-3H3,(H2,14,15,16,18). The number of rotatable bonds is 4. The lowest BCUT2D eigenvalue weighted by Gasteiger charge is -2.11. The number of nitrogens with one attached hydrogen (secondary N) is 2. The molecule has 0 radical (unpaired) electrons. The van der Waals surface area contributed by atoms with E-state index in [0.29, 0.717) is 11.7 Å². The molecule has 0 spiro atoms. The molecule has 5 heteroatoms. The summed E-state index contributed by atoms with van der Waals surface area (Å²) in [6.45, 7) is 6.20. The monoisotopic (exact) mass is 266 g/mol. The quantitative estimate of drug-likeness (QED) is 0.822. The molecule has 4 nitrogen and oxygen atoms in total. The van der Waals surface area contributed by atoms with Crippen LogP contribution in [-0.2, 0) is 4.79 Å². The van der Waals surface area contributed by atoms with Gasteiger partial charge in [0.2, 0.25) is 5.91 Å². The lowest BCUT2D eigenvalue weighted by atomic mass is 10.2. The molecule has 1 aromatic carbocycles. The van der Waals surface area contributed by atoms with Gasteiger partial charge in [-0.2, -0.15) is 0 Å². The van der Waals surface area contributed by atoms with Crippen molar-refractivity contribution in [3.8, 4) is 5.75 Å². The second-order valence-corrected chi connectivity index (χ2v) is 4.46. The summed E-state index contributed by atoms with van der Waals surface area (Å²) in [7, 11) is 0. The fourth-order valence-electron chi connectivity index (χ4n) is 1.22. The Labute approximate surface area is 113 Å². The van der Waals surface area contributed by atoms with E-state index in [2.05, 4.69) is 10.6 Å². The lowest BCUT2D eigenvalue weighted by Crippen LogP contribution is -2.36. The Morgan fingerprint density at radius 3 is 2.44 bits per heavy atom. The first-order chi connectivity index (χ1) is 8.52. The van der Waals surface area contributed by atoms with E-state index < -0.39 is 0 Å². The van der Waals surface area contributed by atoms with Crippen molar-refractivity contribution in [3.05, 3.63) is 24.3 Å². The summed E-state index contributed by atoms with van der Waals surface area (Å²) in [4.78, 5) is 11.4. The summed E-state index contributed by atoms with van der Waals surface area (Å²) < 4.78 is 5.33. The van der Waals surface area contributed by atoms with Gasteiger partial charge in [-0.25, -0.2) is 0 Å². The molecule has 1 rings (SSSR count). The number of amides is 1. The average Bonchev–Trinajstić information content (AvgIpc) is 2.31. The molecular weight excluding hydrogens is 248 g/mol. The summed E-state index contributed by atoms with van der Waals surface area (Å²) >= 11 is 5.04. The number of carbonyl (C=O) groups excluding carboxylic acids is 1. The molecule has 2 N–H and O–H groups in total. The predicted molar refractivity (Wildman–Crippen MR) is 76.8 cm³/mol. The topological polar surface area (TPSA) is 50.4 Å². The van der Waals surface area contributed by atoms with Gasteiger partial charge in [-0.3, -0.25) is 4.79 Å². The minimum absolute atomic E-state index is 0.0925. The lowest BCUT2D eigenvalue weighted by molar-refractivity contribution is -0.122. The van der Waals surface area contributed by atoms with Crippen molar-refractivity contribution in [1.82, 2.24) is 5.32 Å². The van der Waals surface area contributed by atoms with E-state index in [0.717, 1.165) is 11.4 Å². The molecule has 0 atom stereocenters. The number of hydrogen-bond donors (Lipinski definition) is 2. The molecule has 98 valence electrons. The Morgan fingerprint density at radius 2 is 1.94 bits per heavy atom. The van der Waals surface area contributed by atoms with E-state index in [1.54, 1.807) is 0 Å². The second kappa shape index (κ2) is 6.96. The maximum absolute atomic E-state index is 11.4. The minimum Gasteiger partial charge on any atom is -0.494 e. The van der Waals surface area contributed by atoms with Crippen molar-refractivity contribution in [2.24, 2.45) is 5.92 Å². The third kappa shape index (κ3) is 4.71. The molecule has 1 amide bonds. The van der Waals surface area contributed by atoms with Crippen LogP contribution in [0.1, 0.15) is 20.8 Å². The smallest absolute Gasteiger partial charge is 0.228 e. The highest BCUT2D eigenvalue weighted by molar-refractivity contribution is 7.80. The molecule has 18 heavy (non-hydrogen) atoms. The maximum Gasteiger partial charge on any atom is 0.228 e. The molecule has 0 aliphatic heterocycles. The van der Waals surface area contributed by atoms with Gasteiger partial charge in [-0.1, -0.05) is 13.8 Å². The zero-order valence-corrected chi connectivity index (χ0v) is 11.6. The molecule has 1 aromatic rings. The summed E-state index contributed by atoms with van der Waals surface area (Å²) in [6.07, 6.45) is 0. The number of anilines is 1. The van der Waals surface area contributed by atoms with Crippen LogP contribution in [0.2, 0.25) is 0 Å². The molecule has 0 aromatic heterocycles. The third-order valence-corrected chi connectivity index (χ3v) is 2.39. The van der Waals surface area contributed by atoms with Crippen LogP contribution in [0, 0.1) is 5.92 Å². The predicted octanol–water partition coefficient (Wildman–Crippen LogP) is 2.55. The van der Waals surface area contributed by atoms with Gasteiger partial charge in [0.1, 0.15) is 5.75 Å². The van der Waals surface area contributed by atoms with Crippen molar-refractivity contribution in [1.29, 1.82) is 0 Å². The number of thiocarbonyl (C=S) groups is 1. The molecule has 0 fully saturated rings. The van der Waals surface area contributed by atoms with E-state index in [-0.39, 0.29) is 11.8 Å². The Morgan fingerprint density at radius 1 is 1.33 bits per heavy atom. The van der Waals surface area contributed by atoms with Crippen molar-refractivity contribution in [3.63, 3.8) is 0 Å². The highest BCUT2D eigenvalue weighted by atomic mass is 32.1. The van der Waals surface area contributed by atoms with Gasteiger partial charge in [-0.15, -0.1) is 0 Å². The fourth-order valence-corrected chi connectivity index (χ4v) is 1.44. The van der Waals surface area contributed by atoms with Gasteiger partial charge in [0, 0.05) is 11.6 Å². The van der Waals surface area contributed by atoms with Crippen molar-refractivity contribution < 1.29 is 9.53 Å². The highest BCUT2D eigenvalue weighted by Gasteiger charge is 2.08. The van der Waals surface area contributed by atoms with Gasteiger partial charge < -0.3 is 15.4 Å². The number of benzene rings is 1. The van der Waals surface area contributed by atoms with E-state index >= 15 is 0 Å². The van der Waals surface area contributed by atoms with Crippen LogP contribution in [0.4, 0.5) is 5.69 Å². The van der Waals surface area contributed by atoms with Gasteiger partial charge >= 0.3 is 0 Å². The summed E-state index contributed by atoms with van der Waals surface area (Å²) in [5, 5.41) is 5.86. The number of ether oxygens (including phenoxy) is 1. The first kappa shape index (κ1) is 14.4. The second-order valence-electron chi connectivity index (χ2n) is 4.06. The van der Waals surface area contributed by atoms with Crippen LogP contribution in [0.5, 0.6) is 5.75 Å². The Hall–Kier alpha value is -1.62. The van der Waals surface area contributed by atoms with Gasteiger partial charge in [0.05, 0.1) is 6.61 Å². The first-order valence-electron chi connectivity index (χ1n) is 5.87. The zero-order valence-electron chi connectivity index (χ0n) is 10.8. The van der Waals surface area contributed by atoms with Crippen LogP contribution in [0.15, 0.2) is 24.3 Å². The van der Waals surface area contributed by atoms with Gasteiger partial charge in [0.25, 0.3) is 0 Å². The van der Waals surface area contributed by atoms with E-state index in [4.69, 9.17) is 17.0 Å². The number of hydrogen-bond acceptors (Lipinski definition) is 3. The summed E-state index contributed by atoms with van der Waals surface area (Å²) in [5.74, 6) is 0.615. The molecule has 0 aliphatic carbocycles. The number of carbonyl (C=O) groups is 1. The third-order valence-electron chi connectivity index (χ3n) is 2.18. The van der Waals surface area contributed by atoms with Crippen LogP contribution in [0.3, 0.4) is 0 Å². The van der Waals surface area contributed by atoms with E-state index in [1.807, 2.05) is 45.0 Å². The van der Waals surface area contributed by atoms with E-state index in [9.17, 15) is 4.79 Å². The van der Waals surface area contributed by atoms with Crippen LogP contribution < -0.4 is 15.4 Å². The Kier molecular flexibility index (Phi) is 5.58. The minimum atomic E-state index is -0.0987. The molecule has 0 saturated heterocycles. The molecule has 0 aliphatic rings. The van der Waals surface area contributed by atoms with Crippen LogP contribution >= 0.6 is 12.2 Å².